The number of benzene rings is 2. The van der Waals surface area contributed by atoms with Gasteiger partial charge in [-0.25, -0.2) is 17.2 Å². The SMILES string of the molecule is O=S(=O)(Nc1cc(-c2nnc3n2CCCCC3)c(F)cc1F)c1ccccc1. The van der Waals surface area contributed by atoms with E-state index in [-0.39, 0.29) is 22.0 Å². The molecule has 28 heavy (non-hydrogen) atoms. The van der Waals surface area contributed by atoms with E-state index in [4.69, 9.17) is 0 Å². The van der Waals surface area contributed by atoms with Gasteiger partial charge in [-0.05, 0) is 31.0 Å². The average molecular weight is 404 g/mol. The summed E-state index contributed by atoms with van der Waals surface area (Å²) in [7, 11) is -4.01. The minimum atomic E-state index is -4.01. The minimum absolute atomic E-state index is 0.00723. The second-order valence-corrected chi connectivity index (χ2v) is 8.31. The maximum Gasteiger partial charge on any atom is 0.261 e. The molecular weight excluding hydrogens is 386 g/mol. The van der Waals surface area contributed by atoms with Crippen LogP contribution in [0.5, 0.6) is 0 Å². The van der Waals surface area contributed by atoms with Crippen LogP contribution in [0.15, 0.2) is 47.4 Å². The molecule has 0 spiro atoms. The molecule has 1 N–H and O–H groups in total. The van der Waals surface area contributed by atoms with Crippen molar-refractivity contribution in [3.05, 3.63) is 59.9 Å². The quantitative estimate of drug-likeness (QED) is 0.719. The van der Waals surface area contributed by atoms with Gasteiger partial charge in [-0.15, -0.1) is 10.2 Å². The number of rotatable bonds is 4. The molecule has 0 fully saturated rings. The lowest BCUT2D eigenvalue weighted by Gasteiger charge is -2.12. The molecule has 0 radical (unpaired) electrons. The molecule has 9 heteroatoms. The van der Waals surface area contributed by atoms with Crippen molar-refractivity contribution in [3.8, 4) is 11.4 Å². The number of sulfonamides is 1. The van der Waals surface area contributed by atoms with Crippen LogP contribution in [0.4, 0.5) is 14.5 Å². The summed E-state index contributed by atoms with van der Waals surface area (Å²) in [5, 5.41) is 8.19. The summed E-state index contributed by atoms with van der Waals surface area (Å²) in [6.45, 7) is 0.638. The van der Waals surface area contributed by atoms with E-state index in [1.165, 1.54) is 12.1 Å². The maximum absolute atomic E-state index is 14.5. The number of anilines is 1. The molecule has 6 nitrogen and oxygen atoms in total. The van der Waals surface area contributed by atoms with Crippen LogP contribution < -0.4 is 4.72 Å². The molecule has 0 saturated heterocycles. The van der Waals surface area contributed by atoms with E-state index in [1.807, 2.05) is 4.57 Å². The monoisotopic (exact) mass is 404 g/mol. The fraction of sp³-hybridized carbons (Fsp3) is 0.263. The van der Waals surface area contributed by atoms with Gasteiger partial charge >= 0.3 is 0 Å². The van der Waals surface area contributed by atoms with Crippen molar-refractivity contribution >= 4 is 15.7 Å². The van der Waals surface area contributed by atoms with Crippen molar-refractivity contribution in [3.63, 3.8) is 0 Å². The third-order valence-corrected chi connectivity index (χ3v) is 6.09. The van der Waals surface area contributed by atoms with Crippen molar-refractivity contribution < 1.29 is 17.2 Å². The van der Waals surface area contributed by atoms with Crippen molar-refractivity contribution in [2.75, 3.05) is 4.72 Å². The van der Waals surface area contributed by atoms with Crippen LogP contribution in [-0.4, -0.2) is 23.2 Å². The lowest BCUT2D eigenvalue weighted by molar-refractivity contribution is 0.581. The molecule has 0 saturated carbocycles. The molecule has 0 amide bonds. The smallest absolute Gasteiger partial charge is 0.261 e. The number of halogens is 2. The number of fused-ring (bicyclic) bond motifs is 1. The fourth-order valence-electron chi connectivity index (χ4n) is 3.29. The zero-order chi connectivity index (χ0) is 19.7. The third kappa shape index (κ3) is 3.49. The molecule has 146 valence electrons. The fourth-order valence-corrected chi connectivity index (χ4v) is 4.37. The number of nitrogens with zero attached hydrogens (tertiary/aromatic N) is 3. The van der Waals surface area contributed by atoms with Gasteiger partial charge in [-0.1, -0.05) is 24.6 Å². The zero-order valence-corrected chi connectivity index (χ0v) is 15.7. The average Bonchev–Trinajstić information content (AvgIpc) is 2.92. The molecule has 2 aromatic carbocycles. The highest BCUT2D eigenvalue weighted by molar-refractivity contribution is 7.92. The van der Waals surface area contributed by atoms with Crippen molar-refractivity contribution in [2.24, 2.45) is 0 Å². The van der Waals surface area contributed by atoms with Gasteiger partial charge < -0.3 is 4.57 Å². The Morgan fingerprint density at radius 2 is 1.75 bits per heavy atom. The molecule has 4 rings (SSSR count). The lowest BCUT2D eigenvalue weighted by atomic mass is 10.1. The second kappa shape index (κ2) is 7.31. The van der Waals surface area contributed by atoms with E-state index < -0.39 is 21.7 Å². The number of hydrogen-bond donors (Lipinski definition) is 1. The number of nitrogens with one attached hydrogen (secondary N) is 1. The minimum Gasteiger partial charge on any atom is -0.311 e. The van der Waals surface area contributed by atoms with Gasteiger partial charge in [0.1, 0.15) is 17.5 Å². The number of aromatic nitrogens is 3. The van der Waals surface area contributed by atoms with Crippen molar-refractivity contribution in [2.45, 2.75) is 37.1 Å². The molecule has 0 unspecified atom stereocenters. The molecular formula is C19H18F2N4O2S. The first-order valence-electron chi connectivity index (χ1n) is 8.95. The Morgan fingerprint density at radius 3 is 2.54 bits per heavy atom. The standard InChI is InChI=1S/C19H18F2N4O2S/c20-15-12-16(21)17(24-28(26,27)13-7-3-1-4-8-13)11-14(15)19-23-22-18-9-5-2-6-10-25(18)19/h1,3-4,7-8,11-12,24H,2,5-6,9-10H2. The van der Waals surface area contributed by atoms with Gasteiger partial charge in [-0.3, -0.25) is 4.72 Å². The molecule has 2 heterocycles. The Hall–Kier alpha value is -2.81. The van der Waals surface area contributed by atoms with Crippen LogP contribution in [0, 0.1) is 11.6 Å². The molecule has 0 atom stereocenters. The molecule has 3 aromatic rings. The summed E-state index contributed by atoms with van der Waals surface area (Å²) in [5.74, 6) is -0.798. The van der Waals surface area contributed by atoms with E-state index in [1.54, 1.807) is 18.2 Å². The largest absolute Gasteiger partial charge is 0.311 e. The first kappa shape index (κ1) is 18.5. The summed E-state index contributed by atoms with van der Waals surface area (Å²) in [5.41, 5.74) is -0.334. The highest BCUT2D eigenvalue weighted by Crippen LogP contribution is 2.30. The van der Waals surface area contributed by atoms with Crippen LogP contribution in [0.1, 0.15) is 25.1 Å². The van der Waals surface area contributed by atoms with Crippen LogP contribution in [0.2, 0.25) is 0 Å². The van der Waals surface area contributed by atoms with Crippen LogP contribution in [0.25, 0.3) is 11.4 Å². The Morgan fingerprint density at radius 1 is 0.964 bits per heavy atom. The summed E-state index contributed by atoms with van der Waals surface area (Å²) in [4.78, 5) is -0.0170. The summed E-state index contributed by atoms with van der Waals surface area (Å²) >= 11 is 0. The van der Waals surface area contributed by atoms with E-state index in [2.05, 4.69) is 14.9 Å². The van der Waals surface area contributed by atoms with Crippen LogP contribution >= 0.6 is 0 Å². The first-order chi connectivity index (χ1) is 13.5. The Balaban J connectivity index is 1.75. The number of hydrogen-bond acceptors (Lipinski definition) is 4. The topological polar surface area (TPSA) is 76.9 Å². The summed E-state index contributed by atoms with van der Waals surface area (Å²) < 4.78 is 57.9. The van der Waals surface area contributed by atoms with Gasteiger partial charge in [0.25, 0.3) is 10.0 Å². The highest BCUT2D eigenvalue weighted by Gasteiger charge is 2.22. The molecule has 1 aliphatic rings. The van der Waals surface area contributed by atoms with E-state index in [0.717, 1.165) is 37.6 Å². The zero-order valence-electron chi connectivity index (χ0n) is 14.9. The molecule has 0 aliphatic carbocycles. The van der Waals surface area contributed by atoms with Gasteiger partial charge in [0.05, 0.1) is 16.1 Å². The maximum atomic E-state index is 14.5. The highest BCUT2D eigenvalue weighted by atomic mass is 32.2. The predicted octanol–water partition coefficient (Wildman–Crippen LogP) is 3.75. The van der Waals surface area contributed by atoms with E-state index in [9.17, 15) is 17.2 Å². The Labute approximate surface area is 161 Å². The van der Waals surface area contributed by atoms with Crippen molar-refractivity contribution in [1.29, 1.82) is 0 Å². The third-order valence-electron chi connectivity index (χ3n) is 4.70. The van der Waals surface area contributed by atoms with Gasteiger partial charge in [0.2, 0.25) is 0 Å². The lowest BCUT2D eigenvalue weighted by Crippen LogP contribution is -2.14. The van der Waals surface area contributed by atoms with Crippen LogP contribution in [-0.2, 0) is 23.0 Å². The molecule has 1 aromatic heterocycles. The van der Waals surface area contributed by atoms with Gasteiger partial charge in [-0.2, -0.15) is 0 Å². The van der Waals surface area contributed by atoms with Gasteiger partial charge in [0, 0.05) is 19.0 Å². The Bertz CT molecular complexity index is 1110. The predicted molar refractivity (Wildman–Crippen MR) is 100 cm³/mol. The molecule has 1 aliphatic heterocycles. The van der Waals surface area contributed by atoms with Gasteiger partial charge in [0.15, 0.2) is 5.82 Å². The van der Waals surface area contributed by atoms with Crippen molar-refractivity contribution in [1.82, 2.24) is 14.8 Å². The normalized spacial score (nSPS) is 14.4. The number of aryl methyl sites for hydroxylation is 1. The van der Waals surface area contributed by atoms with Crippen LogP contribution in [0.3, 0.4) is 0 Å². The summed E-state index contributed by atoms with van der Waals surface area (Å²) in [6, 6.07) is 9.38. The first-order valence-corrected chi connectivity index (χ1v) is 10.4. The van der Waals surface area contributed by atoms with E-state index in [0.29, 0.717) is 12.6 Å². The second-order valence-electron chi connectivity index (χ2n) is 6.63. The Kier molecular flexibility index (Phi) is 4.84. The van der Waals surface area contributed by atoms with E-state index >= 15 is 0 Å². The molecule has 0 bridgehead atoms. The summed E-state index contributed by atoms with van der Waals surface area (Å²) in [6.07, 6.45) is 3.67.